The number of nitrogens with one attached hydrogen (secondary N) is 1. The number of benzene rings is 1. The molecule has 1 fully saturated rings. The molecule has 2 rings (SSSR count). The van der Waals surface area contributed by atoms with E-state index >= 15 is 0 Å². The van der Waals surface area contributed by atoms with Gasteiger partial charge in [-0.25, -0.2) is 0 Å². The van der Waals surface area contributed by atoms with Crippen LogP contribution in [0.15, 0.2) is 24.3 Å². The van der Waals surface area contributed by atoms with Crippen molar-refractivity contribution in [3.63, 3.8) is 0 Å². The molecule has 0 spiro atoms. The molecule has 0 heterocycles. The molecule has 0 saturated heterocycles. The van der Waals surface area contributed by atoms with Gasteiger partial charge in [-0.05, 0) is 44.2 Å². The number of ether oxygens (including phenoxy) is 1. The van der Waals surface area contributed by atoms with Gasteiger partial charge in [-0.3, -0.25) is 4.79 Å². The average Bonchev–Trinajstić information content (AvgIpc) is 2.83. The zero-order valence-corrected chi connectivity index (χ0v) is 14.8. The second-order valence-corrected chi connectivity index (χ2v) is 6.76. The molecular weight excluding hydrogens is 304 g/mol. The van der Waals surface area contributed by atoms with E-state index in [1.165, 1.54) is 45.4 Å². The molecule has 1 aliphatic carbocycles. The topological polar surface area (TPSA) is 61.8 Å². The molecule has 1 aromatic rings. The van der Waals surface area contributed by atoms with Crippen LogP contribution in [0.2, 0.25) is 0 Å². The van der Waals surface area contributed by atoms with Crippen molar-refractivity contribution in [2.75, 3.05) is 25.5 Å². The van der Waals surface area contributed by atoms with E-state index in [4.69, 9.17) is 4.74 Å². The summed E-state index contributed by atoms with van der Waals surface area (Å²) in [5, 5.41) is 12.9. The largest absolute Gasteiger partial charge is 0.491 e. The molecule has 1 amide bonds. The first kappa shape index (κ1) is 18.7. The Bertz CT molecular complexity index is 496. The molecule has 0 bridgehead atoms. The molecule has 24 heavy (non-hydrogen) atoms. The minimum Gasteiger partial charge on any atom is -0.491 e. The number of carbonyl (C=O) groups excluding carboxylic acids is 1. The Morgan fingerprint density at radius 1 is 1.25 bits per heavy atom. The number of nitrogens with zero attached hydrogens (tertiary/aromatic N) is 1. The number of hydrogen-bond donors (Lipinski definition) is 2. The van der Waals surface area contributed by atoms with Crippen molar-refractivity contribution in [1.82, 2.24) is 4.90 Å². The molecule has 2 N–H and O–H groups in total. The van der Waals surface area contributed by atoms with Crippen molar-refractivity contribution >= 4 is 11.6 Å². The minimum absolute atomic E-state index is 0.0966. The van der Waals surface area contributed by atoms with Gasteiger partial charge in [0.05, 0.1) is 0 Å². The van der Waals surface area contributed by atoms with Gasteiger partial charge in [-0.15, -0.1) is 0 Å². The Hall–Kier alpha value is -1.59. The number of rotatable bonds is 7. The lowest BCUT2D eigenvalue weighted by molar-refractivity contribution is -0.114. The maximum Gasteiger partial charge on any atom is 0.221 e. The van der Waals surface area contributed by atoms with Crippen molar-refractivity contribution in [1.29, 1.82) is 0 Å². The van der Waals surface area contributed by atoms with Gasteiger partial charge >= 0.3 is 0 Å². The van der Waals surface area contributed by atoms with Crippen LogP contribution in [0.5, 0.6) is 5.75 Å². The Morgan fingerprint density at radius 3 is 2.46 bits per heavy atom. The van der Waals surface area contributed by atoms with Crippen LogP contribution in [-0.4, -0.2) is 48.3 Å². The number of carbonyl (C=O) groups is 1. The Labute approximate surface area is 145 Å². The van der Waals surface area contributed by atoms with Crippen LogP contribution in [0, 0.1) is 0 Å². The van der Waals surface area contributed by atoms with E-state index in [2.05, 4.69) is 17.3 Å². The van der Waals surface area contributed by atoms with Crippen molar-refractivity contribution < 1.29 is 14.6 Å². The smallest absolute Gasteiger partial charge is 0.221 e. The summed E-state index contributed by atoms with van der Waals surface area (Å²) in [6.07, 6.45) is 7.22. The fourth-order valence-electron chi connectivity index (χ4n) is 3.26. The molecule has 0 radical (unpaired) electrons. The zero-order chi connectivity index (χ0) is 17.4. The normalized spacial score (nSPS) is 17.3. The lowest BCUT2D eigenvalue weighted by Crippen LogP contribution is -2.39. The molecule has 0 aromatic heterocycles. The summed E-state index contributed by atoms with van der Waals surface area (Å²) >= 11 is 0. The molecule has 1 aliphatic rings. The molecule has 0 aliphatic heterocycles. The van der Waals surface area contributed by atoms with Gasteiger partial charge in [0.15, 0.2) is 0 Å². The first-order chi connectivity index (χ1) is 11.5. The van der Waals surface area contributed by atoms with Crippen LogP contribution < -0.4 is 10.1 Å². The van der Waals surface area contributed by atoms with Crippen LogP contribution >= 0.6 is 0 Å². The van der Waals surface area contributed by atoms with Gasteiger partial charge in [0.25, 0.3) is 0 Å². The van der Waals surface area contributed by atoms with E-state index in [-0.39, 0.29) is 12.5 Å². The van der Waals surface area contributed by atoms with E-state index < -0.39 is 6.10 Å². The SMILES string of the molecule is CC(=O)Nc1ccc(OC[C@H](O)CN(C)C2CCCCCC2)cc1. The second kappa shape index (κ2) is 9.64. The zero-order valence-electron chi connectivity index (χ0n) is 14.8. The third-order valence-corrected chi connectivity index (χ3v) is 4.56. The standard InChI is InChI=1S/C19H30N2O3/c1-15(22)20-16-9-11-19(12-10-16)24-14-18(23)13-21(2)17-7-5-3-4-6-8-17/h9-12,17-18,23H,3-8,13-14H2,1-2H3,(H,20,22)/t18-/m1/s1. The summed E-state index contributed by atoms with van der Waals surface area (Å²) in [4.78, 5) is 13.3. The van der Waals surface area contributed by atoms with Crippen LogP contribution in [0.25, 0.3) is 0 Å². The van der Waals surface area contributed by atoms with Crippen molar-refractivity contribution in [3.8, 4) is 5.75 Å². The highest BCUT2D eigenvalue weighted by molar-refractivity contribution is 5.88. The fourth-order valence-corrected chi connectivity index (χ4v) is 3.26. The maximum atomic E-state index is 11.0. The fraction of sp³-hybridized carbons (Fsp3) is 0.632. The van der Waals surface area contributed by atoms with Gasteiger partial charge in [-0.2, -0.15) is 0 Å². The third-order valence-electron chi connectivity index (χ3n) is 4.56. The van der Waals surface area contributed by atoms with Gasteiger partial charge in [-0.1, -0.05) is 25.7 Å². The molecule has 0 unspecified atom stereocenters. The summed E-state index contributed by atoms with van der Waals surface area (Å²) in [5.74, 6) is 0.598. The summed E-state index contributed by atoms with van der Waals surface area (Å²) in [5.41, 5.74) is 0.739. The molecule has 1 aromatic carbocycles. The highest BCUT2D eigenvalue weighted by Crippen LogP contribution is 2.21. The Balaban J connectivity index is 1.73. The first-order valence-corrected chi connectivity index (χ1v) is 8.93. The molecule has 5 heteroatoms. The second-order valence-electron chi connectivity index (χ2n) is 6.76. The predicted octanol–water partition coefficient (Wildman–Crippen LogP) is 3.04. The molecule has 134 valence electrons. The summed E-state index contributed by atoms with van der Waals surface area (Å²) < 4.78 is 5.65. The number of likely N-dealkylation sites (N-methyl/N-ethyl adjacent to an activating group) is 1. The summed E-state index contributed by atoms with van der Waals surface area (Å²) in [6, 6.07) is 7.76. The highest BCUT2D eigenvalue weighted by Gasteiger charge is 2.19. The molecule has 1 saturated carbocycles. The van der Waals surface area contributed by atoms with Gasteiger partial charge in [0.2, 0.25) is 5.91 Å². The molecular formula is C19H30N2O3. The quantitative estimate of drug-likeness (QED) is 0.753. The van der Waals surface area contributed by atoms with Crippen LogP contribution in [0.4, 0.5) is 5.69 Å². The average molecular weight is 334 g/mol. The number of amides is 1. The number of hydrogen-bond acceptors (Lipinski definition) is 4. The Kier molecular flexibility index (Phi) is 7.53. The monoisotopic (exact) mass is 334 g/mol. The number of aliphatic hydroxyl groups is 1. The van der Waals surface area contributed by atoms with Gasteiger partial charge in [0, 0.05) is 25.2 Å². The third kappa shape index (κ3) is 6.49. The highest BCUT2D eigenvalue weighted by atomic mass is 16.5. The molecule has 5 nitrogen and oxygen atoms in total. The van der Waals surface area contributed by atoms with Crippen molar-refractivity contribution in [2.24, 2.45) is 0 Å². The van der Waals surface area contributed by atoms with E-state index in [0.29, 0.717) is 18.3 Å². The van der Waals surface area contributed by atoms with Gasteiger partial charge in [0.1, 0.15) is 18.5 Å². The van der Waals surface area contributed by atoms with Crippen LogP contribution in [-0.2, 0) is 4.79 Å². The number of aliphatic hydroxyl groups excluding tert-OH is 1. The van der Waals surface area contributed by atoms with E-state index in [9.17, 15) is 9.90 Å². The first-order valence-electron chi connectivity index (χ1n) is 8.93. The molecule has 1 atom stereocenters. The Morgan fingerprint density at radius 2 is 1.88 bits per heavy atom. The van der Waals surface area contributed by atoms with Crippen molar-refractivity contribution in [2.45, 2.75) is 57.6 Å². The number of anilines is 1. The maximum absolute atomic E-state index is 11.0. The summed E-state index contributed by atoms with van der Waals surface area (Å²) in [7, 11) is 2.10. The van der Waals surface area contributed by atoms with Crippen molar-refractivity contribution in [3.05, 3.63) is 24.3 Å². The minimum atomic E-state index is -0.506. The van der Waals surface area contributed by atoms with E-state index in [1.54, 1.807) is 24.3 Å². The van der Waals surface area contributed by atoms with E-state index in [1.807, 2.05) is 0 Å². The lowest BCUT2D eigenvalue weighted by atomic mass is 10.1. The summed E-state index contributed by atoms with van der Waals surface area (Å²) in [6.45, 7) is 2.39. The predicted molar refractivity (Wildman–Crippen MR) is 96.4 cm³/mol. The lowest BCUT2D eigenvalue weighted by Gasteiger charge is -2.29. The van der Waals surface area contributed by atoms with Gasteiger partial charge < -0.3 is 20.1 Å². The van der Waals surface area contributed by atoms with Crippen LogP contribution in [0.3, 0.4) is 0 Å². The van der Waals surface area contributed by atoms with Crippen LogP contribution in [0.1, 0.15) is 45.4 Å². The van der Waals surface area contributed by atoms with E-state index in [0.717, 1.165) is 5.69 Å².